The zero-order valence-corrected chi connectivity index (χ0v) is 12.7. The van der Waals surface area contributed by atoms with Crippen LogP contribution in [0.15, 0.2) is 18.2 Å². The number of carbonyl (C=O) groups excluding carboxylic acids is 1. The van der Waals surface area contributed by atoms with Gasteiger partial charge in [0.05, 0.1) is 12.3 Å². The van der Waals surface area contributed by atoms with Crippen molar-refractivity contribution in [1.82, 2.24) is 5.32 Å². The molecule has 0 spiro atoms. The average molecular weight is 280 g/mol. The topological polar surface area (TPSA) is 73.6 Å². The van der Waals surface area contributed by atoms with Crippen molar-refractivity contribution in [1.29, 1.82) is 0 Å². The number of carbonyl (C=O) groups is 1. The molecule has 112 valence electrons. The van der Waals surface area contributed by atoms with Crippen LogP contribution in [0.2, 0.25) is 0 Å². The Kier molecular flexibility index (Phi) is 5.67. The lowest BCUT2D eigenvalue weighted by molar-refractivity contribution is 0.0525. The standard InChI is InChI=1S/C15H24N2O3/c1-11-6-7-13(12(16)10-11)19-9-5-8-17-14(18)20-15(2,3)4/h6-7,10H,5,8-9,16H2,1-4H3,(H,17,18). The quantitative estimate of drug-likeness (QED) is 0.642. The van der Waals surface area contributed by atoms with Crippen molar-refractivity contribution in [2.75, 3.05) is 18.9 Å². The molecule has 0 saturated carbocycles. The third-order valence-corrected chi connectivity index (χ3v) is 2.41. The predicted molar refractivity (Wildman–Crippen MR) is 79.9 cm³/mol. The Morgan fingerprint density at radius 3 is 2.65 bits per heavy atom. The summed E-state index contributed by atoms with van der Waals surface area (Å²) in [6.45, 7) is 8.45. The number of benzene rings is 1. The van der Waals surface area contributed by atoms with Crippen LogP contribution >= 0.6 is 0 Å². The van der Waals surface area contributed by atoms with Crippen molar-refractivity contribution in [2.45, 2.75) is 39.7 Å². The van der Waals surface area contributed by atoms with Crippen LogP contribution < -0.4 is 15.8 Å². The van der Waals surface area contributed by atoms with Gasteiger partial charge in [-0.1, -0.05) is 6.07 Å². The van der Waals surface area contributed by atoms with E-state index in [1.54, 1.807) is 0 Å². The number of nitrogen functional groups attached to an aromatic ring is 1. The van der Waals surface area contributed by atoms with E-state index in [1.165, 1.54) is 0 Å². The second-order valence-electron chi connectivity index (χ2n) is 5.67. The third kappa shape index (κ3) is 6.31. The summed E-state index contributed by atoms with van der Waals surface area (Å²) in [7, 11) is 0. The van der Waals surface area contributed by atoms with Gasteiger partial charge in [-0.05, 0) is 51.8 Å². The summed E-state index contributed by atoms with van der Waals surface area (Å²) in [4.78, 5) is 11.4. The molecule has 0 aliphatic carbocycles. The molecule has 1 amide bonds. The Morgan fingerprint density at radius 2 is 2.05 bits per heavy atom. The lowest BCUT2D eigenvalue weighted by Crippen LogP contribution is -2.33. The van der Waals surface area contributed by atoms with E-state index in [4.69, 9.17) is 15.2 Å². The first kappa shape index (κ1) is 16.1. The largest absolute Gasteiger partial charge is 0.491 e. The summed E-state index contributed by atoms with van der Waals surface area (Å²) in [6, 6.07) is 5.67. The highest BCUT2D eigenvalue weighted by atomic mass is 16.6. The fourth-order valence-electron chi connectivity index (χ4n) is 1.56. The first-order chi connectivity index (χ1) is 9.28. The zero-order chi connectivity index (χ0) is 15.2. The molecule has 0 saturated heterocycles. The number of rotatable bonds is 5. The maximum absolute atomic E-state index is 11.4. The SMILES string of the molecule is Cc1ccc(OCCCNC(=O)OC(C)(C)C)c(N)c1. The van der Waals surface area contributed by atoms with Crippen molar-refractivity contribution in [3.8, 4) is 5.75 Å². The first-order valence-corrected chi connectivity index (χ1v) is 6.74. The second kappa shape index (κ2) is 7.03. The van der Waals surface area contributed by atoms with Gasteiger partial charge < -0.3 is 20.5 Å². The van der Waals surface area contributed by atoms with E-state index in [1.807, 2.05) is 45.9 Å². The summed E-state index contributed by atoms with van der Waals surface area (Å²) in [5, 5.41) is 2.68. The first-order valence-electron chi connectivity index (χ1n) is 6.74. The maximum atomic E-state index is 11.4. The molecule has 1 aromatic carbocycles. The van der Waals surface area contributed by atoms with Gasteiger partial charge in [-0.2, -0.15) is 0 Å². The molecule has 0 radical (unpaired) electrons. The van der Waals surface area contributed by atoms with Crippen LogP contribution in [0.4, 0.5) is 10.5 Å². The van der Waals surface area contributed by atoms with Crippen molar-refractivity contribution in [3.05, 3.63) is 23.8 Å². The minimum absolute atomic E-state index is 0.410. The molecule has 5 nitrogen and oxygen atoms in total. The summed E-state index contributed by atoms with van der Waals surface area (Å²) in [5.41, 5.74) is 7.09. The molecule has 0 unspecified atom stereocenters. The molecule has 0 fully saturated rings. The van der Waals surface area contributed by atoms with Gasteiger partial charge in [-0.25, -0.2) is 4.79 Å². The van der Waals surface area contributed by atoms with Gasteiger partial charge in [-0.3, -0.25) is 0 Å². The maximum Gasteiger partial charge on any atom is 0.407 e. The lowest BCUT2D eigenvalue weighted by Gasteiger charge is -2.19. The van der Waals surface area contributed by atoms with Gasteiger partial charge in [0.1, 0.15) is 11.4 Å². The van der Waals surface area contributed by atoms with E-state index in [-0.39, 0.29) is 0 Å². The number of amides is 1. The normalized spacial score (nSPS) is 11.0. The fraction of sp³-hybridized carbons (Fsp3) is 0.533. The number of alkyl carbamates (subject to hydrolysis) is 1. The summed E-state index contributed by atoms with van der Waals surface area (Å²) in [6.07, 6.45) is 0.277. The average Bonchev–Trinajstić information content (AvgIpc) is 2.28. The van der Waals surface area contributed by atoms with E-state index in [0.717, 1.165) is 5.56 Å². The number of ether oxygens (including phenoxy) is 2. The van der Waals surface area contributed by atoms with Crippen molar-refractivity contribution in [3.63, 3.8) is 0 Å². The van der Waals surface area contributed by atoms with Crippen molar-refractivity contribution < 1.29 is 14.3 Å². The van der Waals surface area contributed by atoms with Gasteiger partial charge in [0, 0.05) is 6.54 Å². The van der Waals surface area contributed by atoms with E-state index in [0.29, 0.717) is 31.0 Å². The highest BCUT2D eigenvalue weighted by Crippen LogP contribution is 2.22. The van der Waals surface area contributed by atoms with Crippen LogP contribution in [-0.2, 0) is 4.74 Å². The Hall–Kier alpha value is -1.91. The van der Waals surface area contributed by atoms with Gasteiger partial charge in [-0.15, -0.1) is 0 Å². The van der Waals surface area contributed by atoms with Crippen molar-refractivity contribution >= 4 is 11.8 Å². The van der Waals surface area contributed by atoms with Gasteiger partial charge in [0.25, 0.3) is 0 Å². The number of hydrogen-bond donors (Lipinski definition) is 2. The van der Waals surface area contributed by atoms with Gasteiger partial charge >= 0.3 is 6.09 Å². The minimum atomic E-state index is -0.475. The van der Waals surface area contributed by atoms with E-state index in [9.17, 15) is 4.79 Å². The van der Waals surface area contributed by atoms with Crippen LogP contribution in [0.5, 0.6) is 5.75 Å². The van der Waals surface area contributed by atoms with Crippen LogP contribution in [0.1, 0.15) is 32.8 Å². The van der Waals surface area contributed by atoms with E-state index < -0.39 is 11.7 Å². The highest BCUT2D eigenvalue weighted by Gasteiger charge is 2.15. The predicted octanol–water partition coefficient (Wildman–Crippen LogP) is 2.87. The Labute approximate surface area is 120 Å². The Bertz CT molecular complexity index is 453. The minimum Gasteiger partial charge on any atom is -0.491 e. The number of nitrogens with one attached hydrogen (secondary N) is 1. The Balaban J connectivity index is 2.21. The summed E-state index contributed by atoms with van der Waals surface area (Å²) >= 11 is 0. The monoisotopic (exact) mass is 280 g/mol. The van der Waals surface area contributed by atoms with Crippen LogP contribution in [0.25, 0.3) is 0 Å². The molecule has 20 heavy (non-hydrogen) atoms. The fourth-order valence-corrected chi connectivity index (χ4v) is 1.56. The molecular formula is C15H24N2O3. The Morgan fingerprint density at radius 1 is 1.35 bits per heavy atom. The second-order valence-corrected chi connectivity index (χ2v) is 5.67. The molecule has 1 rings (SSSR count). The van der Waals surface area contributed by atoms with Gasteiger partial charge in [0.15, 0.2) is 0 Å². The molecule has 5 heteroatoms. The molecule has 0 bridgehead atoms. The molecule has 3 N–H and O–H groups in total. The lowest BCUT2D eigenvalue weighted by atomic mass is 10.2. The molecule has 0 atom stereocenters. The summed E-state index contributed by atoms with van der Waals surface area (Å²) in [5.74, 6) is 0.674. The number of nitrogens with two attached hydrogens (primary N) is 1. The van der Waals surface area contributed by atoms with Crippen molar-refractivity contribution in [2.24, 2.45) is 0 Å². The highest BCUT2D eigenvalue weighted by molar-refractivity contribution is 5.67. The van der Waals surface area contributed by atoms with Crippen LogP contribution in [0, 0.1) is 6.92 Å². The van der Waals surface area contributed by atoms with Gasteiger partial charge in [0.2, 0.25) is 0 Å². The number of anilines is 1. The molecule has 0 heterocycles. The smallest absolute Gasteiger partial charge is 0.407 e. The number of aryl methyl sites for hydroxylation is 1. The molecular weight excluding hydrogens is 256 g/mol. The molecule has 0 aliphatic rings. The summed E-state index contributed by atoms with van der Waals surface area (Å²) < 4.78 is 10.7. The van der Waals surface area contributed by atoms with Crippen LogP contribution in [-0.4, -0.2) is 24.8 Å². The third-order valence-electron chi connectivity index (χ3n) is 2.41. The molecule has 1 aromatic rings. The number of hydrogen-bond acceptors (Lipinski definition) is 4. The van der Waals surface area contributed by atoms with Crippen LogP contribution in [0.3, 0.4) is 0 Å². The van der Waals surface area contributed by atoms with E-state index >= 15 is 0 Å². The molecule has 0 aliphatic heterocycles. The van der Waals surface area contributed by atoms with E-state index in [2.05, 4.69) is 5.32 Å². The zero-order valence-electron chi connectivity index (χ0n) is 12.7. The molecule has 0 aromatic heterocycles.